The minimum absolute atomic E-state index is 0.152. The highest BCUT2D eigenvalue weighted by atomic mass is 127. The van der Waals surface area contributed by atoms with Gasteiger partial charge in [-0.25, -0.2) is 3.11 Å². The van der Waals surface area contributed by atoms with E-state index < -0.39 is 11.9 Å². The van der Waals surface area contributed by atoms with Crippen LogP contribution in [0.2, 0.25) is 0 Å². The molecule has 4 amide bonds. The summed E-state index contributed by atoms with van der Waals surface area (Å²) in [5.41, 5.74) is 2.71. The Hall–Kier alpha value is -3.34. The Balaban J connectivity index is 1.53. The van der Waals surface area contributed by atoms with E-state index in [-0.39, 0.29) is 42.5 Å². The van der Waals surface area contributed by atoms with Gasteiger partial charge in [-0.15, -0.1) is 0 Å². The molecule has 5 rings (SSSR count). The second-order valence-corrected chi connectivity index (χ2v) is 10.0. The number of nitrogens with zero attached hydrogens (tertiary/aromatic N) is 3. The number of imide groups is 1. The number of halogens is 1. The smallest absolute Gasteiger partial charge is 0.261 e. The van der Waals surface area contributed by atoms with Crippen molar-refractivity contribution in [1.29, 1.82) is 0 Å². The molecule has 1 fully saturated rings. The molecule has 178 valence electrons. The number of carbonyl (C=O) groups is 4. The maximum atomic E-state index is 13.4. The van der Waals surface area contributed by atoms with Crippen LogP contribution in [0.5, 0.6) is 0 Å². The number of anilines is 1. The van der Waals surface area contributed by atoms with Gasteiger partial charge < -0.3 is 5.32 Å². The summed E-state index contributed by atoms with van der Waals surface area (Å²) in [4.78, 5) is 57.5. The Morgan fingerprint density at radius 3 is 2.54 bits per heavy atom. The van der Waals surface area contributed by atoms with Gasteiger partial charge in [-0.05, 0) is 36.1 Å². The number of rotatable bonds is 5. The van der Waals surface area contributed by atoms with Crippen LogP contribution in [-0.2, 0) is 9.59 Å². The molecular weight excluding hydrogens is 559 g/mol. The summed E-state index contributed by atoms with van der Waals surface area (Å²) in [6, 6.07) is 13.7. The molecule has 1 N–H and O–H groups in total. The molecule has 0 spiro atoms. The first kappa shape index (κ1) is 23.4. The van der Waals surface area contributed by atoms with Crippen LogP contribution < -0.4 is 10.2 Å². The number of aromatic nitrogens is 1. The Labute approximate surface area is 216 Å². The van der Waals surface area contributed by atoms with Crippen molar-refractivity contribution < 1.29 is 19.2 Å². The van der Waals surface area contributed by atoms with Gasteiger partial charge in [-0.3, -0.25) is 29.1 Å². The van der Waals surface area contributed by atoms with Gasteiger partial charge in [0.05, 0.1) is 51.2 Å². The average molecular weight is 582 g/mol. The lowest BCUT2D eigenvalue weighted by Gasteiger charge is -2.32. The quantitative estimate of drug-likeness (QED) is 0.277. The molecule has 3 aromatic rings. The van der Waals surface area contributed by atoms with E-state index in [0.29, 0.717) is 27.7 Å². The molecule has 0 bridgehead atoms. The molecule has 2 aliphatic rings. The predicted molar refractivity (Wildman–Crippen MR) is 139 cm³/mol. The number of pyridine rings is 1. The molecule has 8 nitrogen and oxygen atoms in total. The van der Waals surface area contributed by atoms with Crippen molar-refractivity contribution in [2.45, 2.75) is 38.8 Å². The number of piperidine rings is 1. The van der Waals surface area contributed by atoms with Crippen LogP contribution in [0.1, 0.15) is 59.0 Å². The summed E-state index contributed by atoms with van der Waals surface area (Å²) in [7, 11) is 0. The normalized spacial score (nSPS) is 18.5. The largest absolute Gasteiger partial charge is 0.345 e. The number of carbonyl (C=O) groups excluding carboxylic acids is 4. The maximum Gasteiger partial charge on any atom is 0.261 e. The van der Waals surface area contributed by atoms with E-state index in [1.807, 2.05) is 44.2 Å². The molecule has 2 unspecified atom stereocenters. The van der Waals surface area contributed by atoms with Gasteiger partial charge in [-0.1, -0.05) is 44.2 Å². The topological polar surface area (TPSA) is 99.7 Å². The number of nitrogens with one attached hydrogen (secondary N) is 1. The van der Waals surface area contributed by atoms with E-state index in [9.17, 15) is 19.2 Å². The fourth-order valence-electron chi connectivity index (χ4n) is 4.85. The summed E-state index contributed by atoms with van der Waals surface area (Å²) >= 11 is 1.69. The number of hydrogen-bond donors (Lipinski definition) is 1. The zero-order valence-electron chi connectivity index (χ0n) is 19.2. The van der Waals surface area contributed by atoms with E-state index in [2.05, 4.69) is 10.3 Å². The average Bonchev–Trinajstić information content (AvgIpc) is 3.14. The second kappa shape index (κ2) is 9.03. The number of amides is 4. The summed E-state index contributed by atoms with van der Waals surface area (Å²) < 4.78 is 1.05. The Kier molecular flexibility index (Phi) is 6.04. The van der Waals surface area contributed by atoms with Gasteiger partial charge in [-0.2, -0.15) is 0 Å². The van der Waals surface area contributed by atoms with Crippen LogP contribution in [0.15, 0.2) is 54.7 Å². The fraction of sp³-hybridized carbons (Fsp3) is 0.269. The zero-order valence-corrected chi connectivity index (χ0v) is 21.4. The highest BCUT2D eigenvalue weighted by Gasteiger charge is 2.44. The van der Waals surface area contributed by atoms with Crippen LogP contribution in [0.25, 0.3) is 10.9 Å². The van der Waals surface area contributed by atoms with Crippen molar-refractivity contribution in [1.82, 2.24) is 13.4 Å². The molecule has 1 saturated heterocycles. The van der Waals surface area contributed by atoms with Crippen molar-refractivity contribution in [2.75, 3.05) is 4.90 Å². The third-order valence-electron chi connectivity index (χ3n) is 6.58. The minimum atomic E-state index is -0.782. The van der Waals surface area contributed by atoms with Crippen molar-refractivity contribution in [2.24, 2.45) is 5.92 Å². The van der Waals surface area contributed by atoms with Crippen LogP contribution in [0.4, 0.5) is 5.69 Å². The van der Waals surface area contributed by atoms with Crippen LogP contribution in [0.3, 0.4) is 0 Å². The first-order valence-corrected chi connectivity index (χ1v) is 12.4. The predicted octanol–water partition coefficient (Wildman–Crippen LogP) is 4.19. The lowest BCUT2D eigenvalue weighted by Crippen LogP contribution is -2.52. The van der Waals surface area contributed by atoms with E-state index in [0.717, 1.165) is 8.68 Å². The van der Waals surface area contributed by atoms with E-state index in [4.69, 9.17) is 0 Å². The Bertz CT molecular complexity index is 1370. The molecule has 3 heterocycles. The van der Waals surface area contributed by atoms with Crippen molar-refractivity contribution in [3.63, 3.8) is 0 Å². The minimum Gasteiger partial charge on any atom is -0.345 e. The summed E-state index contributed by atoms with van der Waals surface area (Å²) in [5, 5.41) is 3.68. The van der Waals surface area contributed by atoms with Crippen molar-refractivity contribution >= 4 is 63.1 Å². The molecule has 1 aromatic heterocycles. The van der Waals surface area contributed by atoms with Gasteiger partial charge in [0.1, 0.15) is 6.04 Å². The van der Waals surface area contributed by atoms with Crippen LogP contribution in [-0.4, -0.2) is 37.8 Å². The molecule has 2 aliphatic heterocycles. The highest BCUT2D eigenvalue weighted by Crippen LogP contribution is 2.41. The molecule has 2 atom stereocenters. The number of hydrogen-bond acceptors (Lipinski definition) is 5. The molecule has 9 heteroatoms. The maximum absolute atomic E-state index is 13.4. The summed E-state index contributed by atoms with van der Waals surface area (Å²) in [6.45, 7) is 4.09. The van der Waals surface area contributed by atoms with Gasteiger partial charge in [0.15, 0.2) is 0 Å². The summed E-state index contributed by atoms with van der Waals surface area (Å²) in [6.07, 6.45) is 1.97. The lowest BCUT2D eigenvalue weighted by atomic mass is 9.95. The van der Waals surface area contributed by atoms with E-state index in [1.54, 1.807) is 47.3 Å². The molecular formula is C26H23IN4O4. The van der Waals surface area contributed by atoms with E-state index in [1.165, 1.54) is 4.90 Å². The fourth-order valence-corrected chi connectivity index (χ4v) is 5.41. The Morgan fingerprint density at radius 2 is 1.83 bits per heavy atom. The summed E-state index contributed by atoms with van der Waals surface area (Å²) in [5.74, 6) is -1.15. The molecule has 2 aromatic carbocycles. The van der Waals surface area contributed by atoms with Crippen LogP contribution in [0, 0.1) is 5.92 Å². The Morgan fingerprint density at radius 1 is 1.09 bits per heavy atom. The van der Waals surface area contributed by atoms with Gasteiger partial charge in [0.25, 0.3) is 17.7 Å². The van der Waals surface area contributed by atoms with Crippen molar-refractivity contribution in [3.05, 3.63) is 71.4 Å². The van der Waals surface area contributed by atoms with Gasteiger partial charge in [0, 0.05) is 18.0 Å². The molecule has 0 aliphatic carbocycles. The van der Waals surface area contributed by atoms with E-state index >= 15 is 0 Å². The SMILES string of the molecule is CC(C)C(NC(=O)c1ccc2c3c(ccnc13)N(C1CCC(=O)N(I)C1=O)C2=O)c1ccccc1. The van der Waals surface area contributed by atoms with Crippen LogP contribution >= 0.6 is 22.9 Å². The first-order valence-electron chi connectivity index (χ1n) is 11.4. The third kappa shape index (κ3) is 3.87. The van der Waals surface area contributed by atoms with Gasteiger partial charge >= 0.3 is 0 Å². The molecule has 35 heavy (non-hydrogen) atoms. The lowest BCUT2D eigenvalue weighted by molar-refractivity contribution is -0.140. The first-order chi connectivity index (χ1) is 16.8. The second-order valence-electron chi connectivity index (χ2n) is 9.06. The molecule has 0 saturated carbocycles. The van der Waals surface area contributed by atoms with Gasteiger partial charge in [0.2, 0.25) is 5.91 Å². The highest BCUT2D eigenvalue weighted by molar-refractivity contribution is 14.1. The zero-order chi connectivity index (χ0) is 24.9. The monoisotopic (exact) mass is 582 g/mol. The third-order valence-corrected chi connectivity index (χ3v) is 7.59. The standard InChI is InChI=1S/C26H23IN4O4/c1-14(2)22(15-6-4-3-5-7-15)29-24(33)17-9-8-16-21-18(12-13-28-23(17)21)30(25(16)34)19-10-11-20(32)31(27)26(19)35/h3-9,12-14,19,22H,10-11H2,1-2H3,(H,29,33). The van der Waals surface area contributed by atoms with Crippen molar-refractivity contribution in [3.8, 4) is 0 Å². The molecule has 0 radical (unpaired) electrons. The number of benzene rings is 2.